The molecular formula is C19H23N5O3S. The van der Waals surface area contributed by atoms with Crippen molar-refractivity contribution in [2.45, 2.75) is 43.1 Å². The molecule has 0 spiro atoms. The summed E-state index contributed by atoms with van der Waals surface area (Å²) in [7, 11) is 0. The molecule has 1 N–H and O–H groups in total. The second-order valence-corrected chi connectivity index (χ2v) is 8.26. The number of morpholine rings is 1. The van der Waals surface area contributed by atoms with Crippen molar-refractivity contribution in [2.24, 2.45) is 0 Å². The zero-order chi connectivity index (χ0) is 19.7. The van der Waals surface area contributed by atoms with Gasteiger partial charge in [0, 0.05) is 24.4 Å². The third-order valence-corrected chi connectivity index (χ3v) is 6.17. The van der Waals surface area contributed by atoms with Gasteiger partial charge < -0.3 is 15.0 Å². The van der Waals surface area contributed by atoms with Crippen molar-refractivity contribution < 1.29 is 14.3 Å². The standard InChI is InChI=1S/C19H23N5O3S/c1-12-20-13(2)24(22-12)11-14-10-23(7-8-27-14)18(25)9-17-19(26)21-15-5-3-4-6-16(15)28-17/h3-6,14,17H,7-11H2,1-2H3,(H,21,26)/t14-,17+/m1/s1. The number of nitrogens with one attached hydrogen (secondary N) is 1. The maximum atomic E-state index is 12.8. The van der Waals surface area contributed by atoms with Crippen molar-refractivity contribution in [3.05, 3.63) is 35.9 Å². The van der Waals surface area contributed by atoms with Crippen LogP contribution in [0.1, 0.15) is 18.1 Å². The number of ether oxygens (including phenoxy) is 1. The van der Waals surface area contributed by atoms with Crippen molar-refractivity contribution in [1.29, 1.82) is 0 Å². The Bertz CT molecular complexity index is 899. The number of nitrogens with zero attached hydrogens (tertiary/aromatic N) is 4. The van der Waals surface area contributed by atoms with Crippen LogP contribution in [0.4, 0.5) is 5.69 Å². The summed E-state index contributed by atoms with van der Waals surface area (Å²) in [6.45, 7) is 5.83. The summed E-state index contributed by atoms with van der Waals surface area (Å²) in [6, 6.07) is 7.66. The number of benzene rings is 1. The number of hydrogen-bond acceptors (Lipinski definition) is 6. The second kappa shape index (κ2) is 7.92. The number of hydrogen-bond donors (Lipinski definition) is 1. The largest absolute Gasteiger partial charge is 0.373 e. The predicted octanol–water partition coefficient (Wildman–Crippen LogP) is 1.63. The summed E-state index contributed by atoms with van der Waals surface area (Å²) < 4.78 is 7.63. The van der Waals surface area contributed by atoms with Gasteiger partial charge in [0.05, 0.1) is 30.2 Å². The lowest BCUT2D eigenvalue weighted by Crippen LogP contribution is -2.48. The number of anilines is 1. The number of thioether (sulfide) groups is 1. The third-order valence-electron chi connectivity index (χ3n) is 4.90. The Morgan fingerprint density at radius 3 is 2.96 bits per heavy atom. The number of amides is 2. The summed E-state index contributed by atoms with van der Waals surface area (Å²) >= 11 is 1.45. The molecule has 28 heavy (non-hydrogen) atoms. The molecule has 2 atom stereocenters. The summed E-state index contributed by atoms with van der Waals surface area (Å²) in [5.74, 6) is 1.42. The summed E-state index contributed by atoms with van der Waals surface area (Å²) in [6.07, 6.45) is 0.0463. The first-order valence-electron chi connectivity index (χ1n) is 9.33. The number of carbonyl (C=O) groups excluding carboxylic acids is 2. The van der Waals surface area contributed by atoms with E-state index in [0.717, 1.165) is 22.2 Å². The summed E-state index contributed by atoms with van der Waals surface area (Å²) in [5.41, 5.74) is 0.811. The fourth-order valence-electron chi connectivity index (χ4n) is 3.50. The van der Waals surface area contributed by atoms with E-state index in [1.54, 1.807) is 4.90 Å². The van der Waals surface area contributed by atoms with E-state index in [0.29, 0.717) is 26.2 Å². The minimum absolute atomic E-state index is 0.0215. The van der Waals surface area contributed by atoms with Crippen molar-refractivity contribution >= 4 is 29.3 Å². The van der Waals surface area contributed by atoms with Crippen molar-refractivity contribution in [3.63, 3.8) is 0 Å². The molecule has 0 aliphatic carbocycles. The Hall–Kier alpha value is -2.39. The lowest BCUT2D eigenvalue weighted by molar-refractivity contribution is -0.140. The van der Waals surface area contributed by atoms with Crippen LogP contribution < -0.4 is 5.32 Å². The second-order valence-electron chi connectivity index (χ2n) is 7.02. The normalized spacial score (nSPS) is 21.9. The highest BCUT2D eigenvalue weighted by molar-refractivity contribution is 8.01. The van der Waals surface area contributed by atoms with Crippen molar-refractivity contribution in [1.82, 2.24) is 19.7 Å². The van der Waals surface area contributed by atoms with Gasteiger partial charge in [-0.2, -0.15) is 5.10 Å². The molecule has 2 amide bonds. The van der Waals surface area contributed by atoms with Crippen LogP contribution in [-0.4, -0.2) is 62.5 Å². The molecule has 0 radical (unpaired) electrons. The highest BCUT2D eigenvalue weighted by Crippen LogP contribution is 2.36. The maximum absolute atomic E-state index is 12.8. The molecule has 9 heteroatoms. The smallest absolute Gasteiger partial charge is 0.238 e. The van der Waals surface area contributed by atoms with E-state index in [1.165, 1.54) is 11.8 Å². The molecule has 2 aliphatic rings. The Labute approximate surface area is 167 Å². The quantitative estimate of drug-likeness (QED) is 0.838. The van der Waals surface area contributed by atoms with Crippen LogP contribution >= 0.6 is 11.8 Å². The lowest BCUT2D eigenvalue weighted by Gasteiger charge is -2.34. The first kappa shape index (κ1) is 18.9. The highest BCUT2D eigenvalue weighted by Gasteiger charge is 2.32. The molecule has 0 bridgehead atoms. The van der Waals surface area contributed by atoms with Gasteiger partial charge in [-0.1, -0.05) is 12.1 Å². The fourth-order valence-corrected chi connectivity index (χ4v) is 4.60. The molecular weight excluding hydrogens is 378 g/mol. The first-order valence-corrected chi connectivity index (χ1v) is 10.2. The summed E-state index contributed by atoms with van der Waals surface area (Å²) in [5, 5.41) is 6.85. The number of para-hydroxylation sites is 1. The number of aryl methyl sites for hydroxylation is 2. The minimum atomic E-state index is -0.413. The van der Waals surface area contributed by atoms with Crippen LogP contribution in [0.2, 0.25) is 0 Å². The molecule has 0 unspecified atom stereocenters. The van der Waals surface area contributed by atoms with Crippen LogP contribution in [0.3, 0.4) is 0 Å². The van der Waals surface area contributed by atoms with Gasteiger partial charge >= 0.3 is 0 Å². The van der Waals surface area contributed by atoms with E-state index in [1.807, 2.05) is 42.8 Å². The number of aromatic nitrogens is 3. The summed E-state index contributed by atoms with van der Waals surface area (Å²) in [4.78, 5) is 32.3. The van der Waals surface area contributed by atoms with Crippen LogP contribution in [0, 0.1) is 13.8 Å². The number of carbonyl (C=O) groups is 2. The molecule has 2 aliphatic heterocycles. The first-order chi connectivity index (χ1) is 13.5. The van der Waals surface area contributed by atoms with Gasteiger partial charge in [0.1, 0.15) is 11.6 Å². The minimum Gasteiger partial charge on any atom is -0.373 e. The lowest BCUT2D eigenvalue weighted by atomic mass is 10.2. The zero-order valence-electron chi connectivity index (χ0n) is 15.9. The highest BCUT2D eigenvalue weighted by atomic mass is 32.2. The topological polar surface area (TPSA) is 89.4 Å². The molecule has 1 aromatic heterocycles. The van der Waals surface area contributed by atoms with E-state index < -0.39 is 5.25 Å². The van der Waals surface area contributed by atoms with Crippen LogP contribution in [0.5, 0.6) is 0 Å². The maximum Gasteiger partial charge on any atom is 0.238 e. The average Bonchev–Trinajstić information content (AvgIpc) is 2.99. The molecule has 1 saturated heterocycles. The van der Waals surface area contributed by atoms with Gasteiger partial charge in [0.15, 0.2) is 0 Å². The van der Waals surface area contributed by atoms with Crippen LogP contribution in [-0.2, 0) is 20.9 Å². The molecule has 4 rings (SSSR count). The Balaban J connectivity index is 1.37. The molecule has 148 valence electrons. The van der Waals surface area contributed by atoms with Crippen molar-refractivity contribution in [3.8, 4) is 0 Å². The van der Waals surface area contributed by atoms with E-state index in [-0.39, 0.29) is 24.3 Å². The predicted molar refractivity (Wildman–Crippen MR) is 105 cm³/mol. The van der Waals surface area contributed by atoms with Gasteiger partial charge in [-0.15, -0.1) is 11.8 Å². The van der Waals surface area contributed by atoms with E-state index in [9.17, 15) is 9.59 Å². The molecule has 3 heterocycles. The van der Waals surface area contributed by atoms with E-state index in [2.05, 4.69) is 15.4 Å². The Morgan fingerprint density at radius 1 is 1.36 bits per heavy atom. The SMILES string of the molecule is Cc1nc(C)n(C[C@H]2CN(C(=O)C[C@@H]3Sc4ccccc4NC3=O)CCO2)n1. The van der Waals surface area contributed by atoms with Crippen LogP contribution in [0.25, 0.3) is 0 Å². The molecule has 2 aromatic rings. The third kappa shape index (κ3) is 4.05. The van der Waals surface area contributed by atoms with Gasteiger partial charge in [-0.05, 0) is 26.0 Å². The zero-order valence-corrected chi connectivity index (χ0v) is 16.7. The average molecular weight is 401 g/mol. The van der Waals surface area contributed by atoms with Crippen molar-refractivity contribution in [2.75, 3.05) is 25.0 Å². The van der Waals surface area contributed by atoms with Gasteiger partial charge in [-0.3, -0.25) is 9.59 Å². The molecule has 8 nitrogen and oxygen atoms in total. The monoisotopic (exact) mass is 401 g/mol. The molecule has 1 aromatic carbocycles. The Kier molecular flexibility index (Phi) is 5.36. The van der Waals surface area contributed by atoms with E-state index >= 15 is 0 Å². The van der Waals surface area contributed by atoms with E-state index in [4.69, 9.17) is 4.74 Å². The molecule has 0 saturated carbocycles. The van der Waals surface area contributed by atoms with Crippen LogP contribution in [0.15, 0.2) is 29.2 Å². The Morgan fingerprint density at radius 2 is 2.18 bits per heavy atom. The number of fused-ring (bicyclic) bond motifs is 1. The van der Waals surface area contributed by atoms with Gasteiger partial charge in [-0.25, -0.2) is 9.67 Å². The van der Waals surface area contributed by atoms with Gasteiger partial charge in [0.25, 0.3) is 0 Å². The number of rotatable bonds is 4. The molecule has 1 fully saturated rings. The van der Waals surface area contributed by atoms with Gasteiger partial charge in [0.2, 0.25) is 11.8 Å². The fraction of sp³-hybridized carbons (Fsp3) is 0.474.